The Hall–Kier alpha value is -1.37. The number of aliphatic hydroxyl groups excluding tert-OH is 1. The van der Waals surface area contributed by atoms with Gasteiger partial charge in [0.25, 0.3) is 0 Å². The van der Waals surface area contributed by atoms with Gasteiger partial charge in [0.1, 0.15) is 5.25 Å². The van der Waals surface area contributed by atoms with E-state index in [1.165, 1.54) is 12.1 Å². The Balaban J connectivity index is 2.47. The zero-order chi connectivity index (χ0) is 14.2. The molecular weight excluding hydrogens is 268 g/mol. The minimum absolute atomic E-state index is 0.175. The van der Waals surface area contributed by atoms with Crippen LogP contribution in [0.3, 0.4) is 0 Å². The molecule has 0 radical (unpaired) electrons. The molecule has 2 rings (SSSR count). The van der Waals surface area contributed by atoms with E-state index in [1.807, 2.05) is 0 Å². The van der Waals surface area contributed by atoms with Crippen LogP contribution < -0.4 is 0 Å². The van der Waals surface area contributed by atoms with Gasteiger partial charge in [-0.3, -0.25) is 9.59 Å². The first-order valence-electron chi connectivity index (χ1n) is 5.81. The number of Topliss-reactive ketones (excluding diaryl/α,β-unsaturated/α-hetero) is 1. The van der Waals surface area contributed by atoms with Crippen LogP contribution in [0.25, 0.3) is 0 Å². The quantitative estimate of drug-likeness (QED) is 0.700. The van der Waals surface area contributed by atoms with Crippen molar-refractivity contribution in [3.8, 4) is 0 Å². The fourth-order valence-electron chi connectivity index (χ4n) is 2.08. The van der Waals surface area contributed by atoms with Crippen molar-refractivity contribution in [1.29, 1.82) is 0 Å². The second-order valence-electron chi connectivity index (χ2n) is 4.46. The summed E-state index contributed by atoms with van der Waals surface area (Å²) < 4.78 is 0. The molecule has 0 unspecified atom stereocenters. The van der Waals surface area contributed by atoms with E-state index in [9.17, 15) is 9.59 Å². The average Bonchev–Trinajstić information content (AvgIpc) is 2.48. The molecule has 0 bridgehead atoms. The Kier molecular flexibility index (Phi) is 3.93. The Bertz CT molecular complexity index is 526. The summed E-state index contributed by atoms with van der Waals surface area (Å²) in [5.74, 6) is -1.12. The van der Waals surface area contributed by atoms with Crippen molar-refractivity contribution < 1.29 is 24.9 Å². The lowest BCUT2D eigenvalue weighted by Crippen LogP contribution is -2.21. The van der Waals surface area contributed by atoms with E-state index in [2.05, 4.69) is 0 Å². The molecule has 19 heavy (non-hydrogen) atoms. The van der Waals surface area contributed by atoms with Gasteiger partial charge in [0.2, 0.25) is 0 Å². The van der Waals surface area contributed by atoms with Crippen LogP contribution in [0.15, 0.2) is 18.2 Å². The lowest BCUT2D eigenvalue weighted by Gasteiger charge is -2.10. The molecule has 0 aromatic heterocycles. The van der Waals surface area contributed by atoms with Gasteiger partial charge in [-0.05, 0) is 25.0 Å². The van der Waals surface area contributed by atoms with Crippen LogP contribution in [0.4, 0.5) is 0 Å². The molecule has 1 aromatic carbocycles. The number of benzene rings is 1. The summed E-state index contributed by atoms with van der Waals surface area (Å²) in [4.78, 5) is 23.3. The lowest BCUT2D eigenvalue weighted by atomic mass is 9.96. The van der Waals surface area contributed by atoms with Crippen LogP contribution in [0, 0.1) is 0 Å². The summed E-state index contributed by atoms with van der Waals surface area (Å²) in [6.45, 7) is 1.67. The van der Waals surface area contributed by atoms with Crippen molar-refractivity contribution in [3.63, 3.8) is 0 Å². The van der Waals surface area contributed by atoms with E-state index in [0.29, 0.717) is 11.1 Å². The van der Waals surface area contributed by atoms with E-state index in [4.69, 9.17) is 15.3 Å². The Morgan fingerprint density at radius 3 is 2.68 bits per heavy atom. The van der Waals surface area contributed by atoms with Crippen LogP contribution in [0.2, 0.25) is 0 Å². The number of ketones is 1. The standard InChI is InChI=1S/C13H14O5S/c1-6-11(14)9-4-8(12(15)16)3-2-7(9)5-10(19-6)13(17)18/h2-4,6,10,12,15-16H,5H2,1H3,(H,17,18)/t6-,10+/m0/s1. The maximum atomic E-state index is 12.2. The van der Waals surface area contributed by atoms with Gasteiger partial charge in [-0.1, -0.05) is 12.1 Å². The van der Waals surface area contributed by atoms with Gasteiger partial charge >= 0.3 is 5.97 Å². The van der Waals surface area contributed by atoms with E-state index in [0.717, 1.165) is 11.8 Å². The molecule has 0 amide bonds. The number of fused-ring (bicyclic) bond motifs is 1. The molecule has 3 N–H and O–H groups in total. The smallest absolute Gasteiger partial charge is 0.316 e. The number of carbonyl (C=O) groups excluding carboxylic acids is 1. The number of hydrogen-bond acceptors (Lipinski definition) is 5. The molecule has 1 aliphatic heterocycles. The molecule has 1 aromatic rings. The SMILES string of the molecule is C[C@@H]1S[C@@H](C(=O)O)Cc2ccc(C(O)O)cc2C1=O. The summed E-state index contributed by atoms with van der Waals surface area (Å²) in [6.07, 6.45) is -1.38. The molecule has 0 fully saturated rings. The predicted octanol–water partition coefficient (Wildman–Crippen LogP) is 0.983. The summed E-state index contributed by atoms with van der Waals surface area (Å²) in [5, 5.41) is 26.3. The zero-order valence-electron chi connectivity index (χ0n) is 10.2. The number of carboxylic acid groups (broad SMARTS) is 1. The largest absolute Gasteiger partial charge is 0.480 e. The average molecular weight is 282 g/mol. The molecule has 2 atom stereocenters. The van der Waals surface area contributed by atoms with Gasteiger partial charge in [0, 0.05) is 11.1 Å². The van der Waals surface area contributed by atoms with Gasteiger partial charge in [0.05, 0.1) is 5.25 Å². The van der Waals surface area contributed by atoms with Crippen molar-refractivity contribution in [2.75, 3.05) is 0 Å². The van der Waals surface area contributed by atoms with Gasteiger partial charge < -0.3 is 15.3 Å². The monoisotopic (exact) mass is 282 g/mol. The highest BCUT2D eigenvalue weighted by molar-refractivity contribution is 8.01. The molecule has 5 nitrogen and oxygen atoms in total. The number of aliphatic carboxylic acids is 1. The molecule has 6 heteroatoms. The van der Waals surface area contributed by atoms with Crippen LogP contribution in [-0.2, 0) is 11.2 Å². The van der Waals surface area contributed by atoms with Gasteiger partial charge in [-0.25, -0.2) is 0 Å². The number of thioether (sulfide) groups is 1. The molecular formula is C13H14O5S. The van der Waals surface area contributed by atoms with Crippen molar-refractivity contribution in [1.82, 2.24) is 0 Å². The van der Waals surface area contributed by atoms with Crippen molar-refractivity contribution in [2.45, 2.75) is 30.1 Å². The number of carboxylic acids is 1. The second-order valence-corrected chi connectivity index (χ2v) is 6.01. The number of carbonyl (C=O) groups is 2. The van der Waals surface area contributed by atoms with E-state index in [-0.39, 0.29) is 17.8 Å². The van der Waals surface area contributed by atoms with E-state index < -0.39 is 22.8 Å². The fourth-order valence-corrected chi connectivity index (χ4v) is 3.22. The first-order chi connectivity index (χ1) is 8.90. The Labute approximate surface area is 114 Å². The third kappa shape index (κ3) is 2.80. The highest BCUT2D eigenvalue weighted by atomic mass is 32.2. The molecule has 1 aliphatic rings. The third-order valence-electron chi connectivity index (χ3n) is 3.12. The van der Waals surface area contributed by atoms with E-state index >= 15 is 0 Å². The van der Waals surface area contributed by atoms with Gasteiger partial charge in [-0.2, -0.15) is 0 Å². The summed E-state index contributed by atoms with van der Waals surface area (Å²) >= 11 is 1.12. The topological polar surface area (TPSA) is 94.8 Å². The van der Waals surface area contributed by atoms with Crippen molar-refractivity contribution in [3.05, 3.63) is 34.9 Å². The van der Waals surface area contributed by atoms with Crippen LogP contribution >= 0.6 is 11.8 Å². The maximum absolute atomic E-state index is 12.2. The van der Waals surface area contributed by atoms with Crippen LogP contribution in [0.1, 0.15) is 34.7 Å². The highest BCUT2D eigenvalue weighted by Crippen LogP contribution is 2.31. The van der Waals surface area contributed by atoms with E-state index in [1.54, 1.807) is 13.0 Å². The summed E-state index contributed by atoms with van der Waals surface area (Å²) in [5.41, 5.74) is 1.26. The van der Waals surface area contributed by atoms with Gasteiger partial charge in [-0.15, -0.1) is 11.8 Å². The minimum atomic E-state index is -1.64. The maximum Gasteiger partial charge on any atom is 0.316 e. The first-order valence-corrected chi connectivity index (χ1v) is 6.76. The number of aliphatic hydroxyl groups is 2. The highest BCUT2D eigenvalue weighted by Gasteiger charge is 2.32. The molecule has 102 valence electrons. The predicted molar refractivity (Wildman–Crippen MR) is 70.1 cm³/mol. The first kappa shape index (κ1) is 14.0. The Morgan fingerprint density at radius 2 is 2.11 bits per heavy atom. The molecule has 0 aliphatic carbocycles. The van der Waals surface area contributed by atoms with Crippen LogP contribution in [-0.4, -0.2) is 37.6 Å². The summed E-state index contributed by atoms with van der Waals surface area (Å²) in [7, 11) is 0. The van der Waals surface area contributed by atoms with Crippen LogP contribution in [0.5, 0.6) is 0 Å². The number of rotatable bonds is 2. The minimum Gasteiger partial charge on any atom is -0.480 e. The van der Waals surface area contributed by atoms with Crippen molar-refractivity contribution in [2.24, 2.45) is 0 Å². The second kappa shape index (κ2) is 5.32. The fraction of sp³-hybridized carbons (Fsp3) is 0.385. The van der Waals surface area contributed by atoms with Gasteiger partial charge in [0.15, 0.2) is 12.1 Å². The molecule has 1 heterocycles. The van der Waals surface area contributed by atoms with Crippen molar-refractivity contribution >= 4 is 23.5 Å². The molecule has 0 saturated heterocycles. The molecule has 0 spiro atoms. The third-order valence-corrected chi connectivity index (χ3v) is 4.44. The summed E-state index contributed by atoms with van der Waals surface area (Å²) in [6, 6.07) is 4.52. The lowest BCUT2D eigenvalue weighted by molar-refractivity contribution is -0.136. The normalized spacial score (nSPS) is 23.1. The number of hydrogen-bond donors (Lipinski definition) is 3. The Morgan fingerprint density at radius 1 is 1.42 bits per heavy atom. The zero-order valence-corrected chi connectivity index (χ0v) is 11.1. The molecule has 0 saturated carbocycles.